The Hall–Kier alpha value is -3.66. The number of aromatic nitrogens is 5. The van der Waals surface area contributed by atoms with Crippen LogP contribution in [0.25, 0.3) is 22.3 Å². The van der Waals surface area contributed by atoms with Crippen LogP contribution in [-0.4, -0.2) is 61.9 Å². The summed E-state index contributed by atoms with van der Waals surface area (Å²) in [6, 6.07) is 7.72. The fourth-order valence-electron chi connectivity index (χ4n) is 5.57. The highest BCUT2D eigenvalue weighted by Gasteiger charge is 2.22. The molecule has 1 aliphatic heterocycles. The van der Waals surface area contributed by atoms with Crippen LogP contribution < -0.4 is 10.2 Å². The molecule has 1 N–H and O–H groups in total. The number of halogens is 2. The van der Waals surface area contributed by atoms with E-state index in [0.29, 0.717) is 29.0 Å². The van der Waals surface area contributed by atoms with Crippen molar-refractivity contribution in [1.29, 1.82) is 0 Å². The minimum absolute atomic E-state index is 0.135. The molecule has 0 atom stereocenters. The fraction of sp³-hybridized carbons (Fsp3) is 0.429. The summed E-state index contributed by atoms with van der Waals surface area (Å²) in [6.07, 6.45) is 9.02. The number of fused-ring (bicyclic) bond motifs is 1. The van der Waals surface area contributed by atoms with Crippen molar-refractivity contribution in [3.63, 3.8) is 0 Å². The molecule has 6 rings (SSSR count). The van der Waals surface area contributed by atoms with Gasteiger partial charge in [-0.25, -0.2) is 18.7 Å². The lowest BCUT2D eigenvalue weighted by atomic mass is 10.1. The Balaban J connectivity index is 1.22. The number of hydrogen-bond acceptors (Lipinski definition) is 7. The lowest BCUT2D eigenvalue weighted by Crippen LogP contribution is -2.49. The number of anilines is 3. The van der Waals surface area contributed by atoms with Crippen molar-refractivity contribution in [2.45, 2.75) is 51.6 Å². The molecule has 1 saturated carbocycles. The Labute approximate surface area is 220 Å². The van der Waals surface area contributed by atoms with E-state index in [1.807, 2.05) is 10.7 Å². The van der Waals surface area contributed by atoms with Gasteiger partial charge in [0.15, 0.2) is 5.82 Å². The van der Waals surface area contributed by atoms with Gasteiger partial charge >= 0.3 is 0 Å². The molecule has 0 radical (unpaired) electrons. The predicted octanol–water partition coefficient (Wildman–Crippen LogP) is 5.56. The molecule has 3 aromatic heterocycles. The van der Waals surface area contributed by atoms with E-state index in [0.717, 1.165) is 56.3 Å². The van der Waals surface area contributed by atoms with Crippen LogP contribution >= 0.6 is 0 Å². The van der Waals surface area contributed by atoms with Crippen LogP contribution in [0.2, 0.25) is 0 Å². The summed E-state index contributed by atoms with van der Waals surface area (Å²) in [5.74, 6) is -0.681. The zero-order valence-corrected chi connectivity index (χ0v) is 21.7. The first-order valence-electron chi connectivity index (χ1n) is 13.4. The van der Waals surface area contributed by atoms with Crippen LogP contribution in [0.4, 0.5) is 26.1 Å². The van der Waals surface area contributed by atoms with Gasteiger partial charge in [-0.2, -0.15) is 5.10 Å². The lowest BCUT2D eigenvalue weighted by molar-refractivity contribution is 0.209. The van der Waals surface area contributed by atoms with Gasteiger partial charge in [0.25, 0.3) is 0 Å². The highest BCUT2D eigenvalue weighted by molar-refractivity contribution is 5.80. The van der Waals surface area contributed by atoms with E-state index >= 15 is 4.39 Å². The summed E-state index contributed by atoms with van der Waals surface area (Å²) in [5.41, 5.74) is 3.40. The van der Waals surface area contributed by atoms with E-state index in [4.69, 9.17) is 0 Å². The van der Waals surface area contributed by atoms with Gasteiger partial charge in [0.2, 0.25) is 5.95 Å². The Morgan fingerprint density at radius 3 is 2.45 bits per heavy atom. The number of nitrogens with one attached hydrogen (secondary N) is 1. The monoisotopic (exact) mass is 518 g/mol. The summed E-state index contributed by atoms with van der Waals surface area (Å²) >= 11 is 0. The molecule has 38 heavy (non-hydrogen) atoms. The highest BCUT2D eigenvalue weighted by atomic mass is 19.1. The van der Waals surface area contributed by atoms with Gasteiger partial charge in [-0.05, 0) is 51.0 Å². The standard InChI is InChI=1S/C28H32F2N8/c1-18(2)36-9-11-37(12-10-36)25-8-7-20(14-22(25)29)34-28-32-16-23(30)27(35-28)19-13-26-24(31-15-19)17-33-38(26)21-5-3-4-6-21/h7-8,13-18,21H,3-6,9-12H2,1-2H3,(H,32,34,35). The molecule has 2 fully saturated rings. The first kappa shape index (κ1) is 24.7. The van der Waals surface area contributed by atoms with Gasteiger partial charge in [0.05, 0.1) is 29.6 Å². The van der Waals surface area contributed by atoms with E-state index in [2.05, 4.69) is 49.0 Å². The highest BCUT2D eigenvalue weighted by Crippen LogP contribution is 2.33. The average Bonchev–Trinajstić information content (AvgIpc) is 3.60. The summed E-state index contributed by atoms with van der Waals surface area (Å²) in [6.45, 7) is 7.74. The minimum atomic E-state index is -0.550. The quantitative estimate of drug-likeness (QED) is 0.358. The maximum Gasteiger partial charge on any atom is 0.227 e. The van der Waals surface area contributed by atoms with E-state index in [9.17, 15) is 4.39 Å². The van der Waals surface area contributed by atoms with Crippen molar-refractivity contribution in [1.82, 2.24) is 29.6 Å². The SMILES string of the molecule is CC(C)N1CCN(c2ccc(Nc3ncc(F)c(-c4cnc5cnn(C6CCCC6)c5c4)n3)cc2F)CC1. The molecular weight excluding hydrogens is 486 g/mol. The second kappa shape index (κ2) is 10.2. The van der Waals surface area contributed by atoms with Crippen molar-refractivity contribution < 1.29 is 8.78 Å². The molecule has 198 valence electrons. The number of benzene rings is 1. The van der Waals surface area contributed by atoms with Gasteiger partial charge in [0.1, 0.15) is 17.0 Å². The average molecular weight is 519 g/mol. The van der Waals surface area contributed by atoms with E-state index in [-0.39, 0.29) is 17.5 Å². The lowest BCUT2D eigenvalue weighted by Gasteiger charge is -2.38. The molecule has 0 spiro atoms. The Kier molecular flexibility index (Phi) is 6.65. The molecule has 1 saturated heterocycles. The van der Waals surface area contributed by atoms with E-state index in [1.165, 1.54) is 18.9 Å². The van der Waals surface area contributed by atoms with Gasteiger partial charge in [0, 0.05) is 49.7 Å². The molecule has 0 bridgehead atoms. The van der Waals surface area contributed by atoms with Crippen LogP contribution in [-0.2, 0) is 0 Å². The second-order valence-electron chi connectivity index (χ2n) is 10.5. The summed E-state index contributed by atoms with van der Waals surface area (Å²) < 4.78 is 31.9. The molecule has 4 aromatic rings. The third kappa shape index (κ3) is 4.80. The Morgan fingerprint density at radius 1 is 0.921 bits per heavy atom. The van der Waals surface area contributed by atoms with Gasteiger partial charge in [-0.15, -0.1) is 0 Å². The molecular formula is C28H32F2N8. The van der Waals surface area contributed by atoms with Crippen molar-refractivity contribution in [3.8, 4) is 11.3 Å². The Bertz CT molecular complexity index is 1440. The largest absolute Gasteiger partial charge is 0.367 e. The number of hydrogen-bond donors (Lipinski definition) is 1. The van der Waals surface area contributed by atoms with Crippen molar-refractivity contribution >= 4 is 28.4 Å². The number of piperazine rings is 1. The van der Waals surface area contributed by atoms with Gasteiger partial charge in [-0.1, -0.05) is 12.8 Å². The summed E-state index contributed by atoms with van der Waals surface area (Å²) in [7, 11) is 0. The molecule has 0 unspecified atom stereocenters. The fourth-order valence-corrected chi connectivity index (χ4v) is 5.57. The Morgan fingerprint density at radius 2 is 1.71 bits per heavy atom. The maximum atomic E-state index is 15.1. The normalized spacial score (nSPS) is 17.1. The second-order valence-corrected chi connectivity index (χ2v) is 10.5. The maximum absolute atomic E-state index is 15.1. The molecule has 4 heterocycles. The number of rotatable bonds is 6. The summed E-state index contributed by atoms with van der Waals surface area (Å²) in [4.78, 5) is 17.5. The predicted molar refractivity (Wildman–Crippen MR) is 145 cm³/mol. The number of nitrogens with zero attached hydrogens (tertiary/aromatic N) is 7. The van der Waals surface area contributed by atoms with E-state index in [1.54, 1.807) is 24.5 Å². The molecule has 1 aliphatic carbocycles. The van der Waals surface area contributed by atoms with Crippen molar-refractivity contribution in [2.75, 3.05) is 36.4 Å². The molecule has 8 nitrogen and oxygen atoms in total. The third-order valence-corrected chi connectivity index (χ3v) is 7.73. The van der Waals surface area contributed by atoms with Crippen LogP contribution in [0.3, 0.4) is 0 Å². The number of pyridine rings is 1. The van der Waals surface area contributed by atoms with E-state index < -0.39 is 5.82 Å². The topological polar surface area (TPSA) is 75.0 Å². The minimum Gasteiger partial charge on any atom is -0.367 e. The molecule has 2 aliphatic rings. The van der Waals surface area contributed by atoms with Crippen molar-refractivity contribution in [2.24, 2.45) is 0 Å². The first-order valence-corrected chi connectivity index (χ1v) is 13.4. The van der Waals surface area contributed by atoms with Gasteiger partial charge in [-0.3, -0.25) is 14.6 Å². The van der Waals surface area contributed by atoms with Crippen LogP contribution in [0, 0.1) is 11.6 Å². The van der Waals surface area contributed by atoms with Crippen molar-refractivity contribution in [3.05, 3.63) is 54.5 Å². The zero-order valence-electron chi connectivity index (χ0n) is 21.7. The van der Waals surface area contributed by atoms with Crippen LogP contribution in [0.1, 0.15) is 45.6 Å². The van der Waals surface area contributed by atoms with Crippen LogP contribution in [0.15, 0.2) is 42.9 Å². The third-order valence-electron chi connectivity index (χ3n) is 7.73. The first-order chi connectivity index (χ1) is 18.5. The molecule has 1 aromatic carbocycles. The van der Waals surface area contributed by atoms with Crippen LogP contribution in [0.5, 0.6) is 0 Å². The molecule has 10 heteroatoms. The summed E-state index contributed by atoms with van der Waals surface area (Å²) in [5, 5.41) is 7.57. The zero-order chi connectivity index (χ0) is 26.2. The van der Waals surface area contributed by atoms with Gasteiger partial charge < -0.3 is 10.2 Å². The molecule has 0 amide bonds. The smallest absolute Gasteiger partial charge is 0.227 e.